The Kier molecular flexibility index (Phi) is 5.85. The molecule has 2 aromatic rings. The van der Waals surface area contributed by atoms with Gasteiger partial charge in [-0.2, -0.15) is 0 Å². The molecular weight excluding hydrogens is 298 g/mol. The van der Waals surface area contributed by atoms with Crippen molar-refractivity contribution >= 4 is 27.5 Å². The Bertz CT molecular complexity index is 667. The first-order valence-electron chi connectivity index (χ1n) is 7.71. The van der Waals surface area contributed by atoms with Gasteiger partial charge in [0, 0.05) is 37.3 Å². The van der Waals surface area contributed by atoms with Gasteiger partial charge in [-0.1, -0.05) is 6.92 Å². The van der Waals surface area contributed by atoms with E-state index < -0.39 is 0 Å². The zero-order valence-corrected chi connectivity index (χ0v) is 14.5. The average Bonchev–Trinajstić information content (AvgIpc) is 2.84. The molecule has 2 heterocycles. The molecule has 0 saturated heterocycles. The van der Waals surface area contributed by atoms with Crippen LogP contribution >= 0.6 is 11.3 Å². The summed E-state index contributed by atoms with van der Waals surface area (Å²) in [5, 5.41) is 3.97. The largest absolute Gasteiger partial charge is 0.382 e. The van der Waals surface area contributed by atoms with E-state index in [4.69, 9.17) is 4.74 Å². The normalized spacial score (nSPS) is 11.1. The van der Waals surface area contributed by atoms with Gasteiger partial charge in [0.25, 0.3) is 5.91 Å². The second kappa shape index (κ2) is 7.65. The maximum atomic E-state index is 12.3. The standard InChI is InChI=1S/C16H23N3O2S/c1-5-12-18-11(4)13-10(3)14(22-16(13)19-12)15(20)17-8-7-9-21-6-2/h5-9H2,1-4H3,(H,17,20). The number of amides is 1. The lowest BCUT2D eigenvalue weighted by atomic mass is 10.1. The molecule has 1 N–H and O–H groups in total. The Morgan fingerprint density at radius 1 is 1.27 bits per heavy atom. The Morgan fingerprint density at radius 2 is 2.05 bits per heavy atom. The highest BCUT2D eigenvalue weighted by molar-refractivity contribution is 7.20. The molecule has 0 fully saturated rings. The van der Waals surface area contributed by atoms with Gasteiger partial charge in [-0.3, -0.25) is 4.79 Å². The van der Waals surface area contributed by atoms with Crippen LogP contribution in [0.25, 0.3) is 10.2 Å². The predicted octanol–water partition coefficient (Wildman–Crippen LogP) is 3.03. The van der Waals surface area contributed by atoms with Gasteiger partial charge in [-0.15, -0.1) is 11.3 Å². The molecule has 0 unspecified atom stereocenters. The number of carbonyl (C=O) groups is 1. The summed E-state index contributed by atoms with van der Waals surface area (Å²) in [6.45, 7) is 9.95. The summed E-state index contributed by atoms with van der Waals surface area (Å²) in [6, 6.07) is 0. The van der Waals surface area contributed by atoms with Crippen molar-refractivity contribution < 1.29 is 9.53 Å². The second-order valence-corrected chi connectivity index (χ2v) is 6.12. The number of aryl methyl sites for hydroxylation is 3. The Morgan fingerprint density at radius 3 is 2.73 bits per heavy atom. The number of hydrogen-bond donors (Lipinski definition) is 1. The van der Waals surface area contributed by atoms with Crippen molar-refractivity contribution in [1.82, 2.24) is 15.3 Å². The van der Waals surface area contributed by atoms with Crippen LogP contribution in [0.4, 0.5) is 0 Å². The van der Waals surface area contributed by atoms with Gasteiger partial charge in [-0.25, -0.2) is 9.97 Å². The van der Waals surface area contributed by atoms with E-state index in [-0.39, 0.29) is 5.91 Å². The van der Waals surface area contributed by atoms with Crippen molar-refractivity contribution in [2.45, 2.75) is 40.5 Å². The maximum absolute atomic E-state index is 12.3. The number of aromatic nitrogens is 2. The summed E-state index contributed by atoms with van der Waals surface area (Å²) in [5.74, 6) is 0.796. The number of fused-ring (bicyclic) bond motifs is 1. The maximum Gasteiger partial charge on any atom is 0.261 e. The molecule has 120 valence electrons. The van der Waals surface area contributed by atoms with Gasteiger partial charge in [0.05, 0.1) is 4.88 Å². The molecule has 0 atom stereocenters. The van der Waals surface area contributed by atoms with Crippen molar-refractivity contribution in [1.29, 1.82) is 0 Å². The monoisotopic (exact) mass is 321 g/mol. The lowest BCUT2D eigenvalue weighted by Gasteiger charge is -2.04. The predicted molar refractivity (Wildman–Crippen MR) is 89.7 cm³/mol. The van der Waals surface area contributed by atoms with E-state index in [9.17, 15) is 4.79 Å². The zero-order valence-electron chi connectivity index (χ0n) is 13.7. The van der Waals surface area contributed by atoms with Gasteiger partial charge >= 0.3 is 0 Å². The zero-order chi connectivity index (χ0) is 16.1. The molecule has 0 aliphatic carbocycles. The Hall–Kier alpha value is -1.53. The molecule has 22 heavy (non-hydrogen) atoms. The first-order valence-corrected chi connectivity index (χ1v) is 8.52. The molecule has 6 heteroatoms. The first-order chi connectivity index (χ1) is 10.6. The fraction of sp³-hybridized carbons (Fsp3) is 0.562. The summed E-state index contributed by atoms with van der Waals surface area (Å²) in [7, 11) is 0. The van der Waals surface area contributed by atoms with E-state index in [1.54, 1.807) is 0 Å². The average molecular weight is 321 g/mol. The van der Waals surface area contributed by atoms with E-state index in [0.29, 0.717) is 19.8 Å². The highest BCUT2D eigenvalue weighted by Crippen LogP contribution is 2.31. The molecule has 0 spiro atoms. The fourth-order valence-electron chi connectivity index (χ4n) is 2.37. The van der Waals surface area contributed by atoms with E-state index in [2.05, 4.69) is 15.3 Å². The topological polar surface area (TPSA) is 64.1 Å². The Labute approximate surface area is 135 Å². The van der Waals surface area contributed by atoms with Crippen LogP contribution < -0.4 is 5.32 Å². The number of hydrogen-bond acceptors (Lipinski definition) is 5. The molecule has 0 saturated carbocycles. The van der Waals surface area contributed by atoms with Crippen LogP contribution in [0.3, 0.4) is 0 Å². The molecule has 5 nitrogen and oxygen atoms in total. The molecule has 2 rings (SSSR count). The van der Waals surface area contributed by atoms with E-state index in [1.165, 1.54) is 11.3 Å². The smallest absolute Gasteiger partial charge is 0.261 e. The van der Waals surface area contributed by atoms with Crippen LogP contribution in [0.15, 0.2) is 0 Å². The summed E-state index contributed by atoms with van der Waals surface area (Å²) in [6.07, 6.45) is 1.62. The van der Waals surface area contributed by atoms with Crippen molar-refractivity contribution in [3.63, 3.8) is 0 Å². The van der Waals surface area contributed by atoms with E-state index >= 15 is 0 Å². The molecule has 0 aliphatic heterocycles. The molecular formula is C16H23N3O2S. The van der Waals surface area contributed by atoms with E-state index in [1.807, 2.05) is 27.7 Å². The van der Waals surface area contributed by atoms with Crippen molar-refractivity contribution in [2.24, 2.45) is 0 Å². The second-order valence-electron chi connectivity index (χ2n) is 5.12. The lowest BCUT2D eigenvalue weighted by Crippen LogP contribution is -2.25. The van der Waals surface area contributed by atoms with Gasteiger partial charge in [0.15, 0.2) is 0 Å². The van der Waals surface area contributed by atoms with Gasteiger partial charge in [0.2, 0.25) is 0 Å². The van der Waals surface area contributed by atoms with Crippen LogP contribution in [0, 0.1) is 13.8 Å². The third kappa shape index (κ3) is 3.62. The summed E-state index contributed by atoms with van der Waals surface area (Å²) < 4.78 is 5.27. The SMILES string of the molecule is CCOCCCNC(=O)c1sc2nc(CC)nc(C)c2c1C. The van der Waals surface area contributed by atoms with Crippen LogP contribution in [0.2, 0.25) is 0 Å². The quantitative estimate of drug-likeness (QED) is 0.796. The van der Waals surface area contributed by atoms with Gasteiger partial charge in [0.1, 0.15) is 10.7 Å². The number of nitrogens with zero attached hydrogens (tertiary/aromatic N) is 2. The third-order valence-corrected chi connectivity index (χ3v) is 4.68. The number of nitrogens with one attached hydrogen (secondary N) is 1. The van der Waals surface area contributed by atoms with Gasteiger partial charge in [-0.05, 0) is 32.8 Å². The minimum Gasteiger partial charge on any atom is -0.382 e. The minimum atomic E-state index is -0.0329. The molecule has 0 radical (unpaired) electrons. The van der Waals surface area contributed by atoms with Crippen molar-refractivity contribution in [2.75, 3.05) is 19.8 Å². The number of ether oxygens (including phenoxy) is 1. The van der Waals surface area contributed by atoms with Gasteiger partial charge < -0.3 is 10.1 Å². The number of rotatable bonds is 7. The van der Waals surface area contributed by atoms with Crippen LogP contribution in [0.1, 0.15) is 47.0 Å². The van der Waals surface area contributed by atoms with E-state index in [0.717, 1.165) is 45.0 Å². The van der Waals surface area contributed by atoms with Crippen LogP contribution in [-0.4, -0.2) is 35.6 Å². The first kappa shape index (κ1) is 16.8. The van der Waals surface area contributed by atoms with Crippen LogP contribution in [0.5, 0.6) is 0 Å². The minimum absolute atomic E-state index is 0.0329. The molecule has 0 aromatic carbocycles. The molecule has 1 amide bonds. The number of thiophene rings is 1. The highest BCUT2D eigenvalue weighted by Gasteiger charge is 2.18. The third-order valence-electron chi connectivity index (χ3n) is 3.49. The highest BCUT2D eigenvalue weighted by atomic mass is 32.1. The molecule has 0 bridgehead atoms. The number of carbonyl (C=O) groups excluding carboxylic acids is 1. The Balaban J connectivity index is 2.15. The fourth-order valence-corrected chi connectivity index (χ4v) is 3.54. The summed E-state index contributed by atoms with van der Waals surface area (Å²) >= 11 is 1.45. The summed E-state index contributed by atoms with van der Waals surface area (Å²) in [4.78, 5) is 23.0. The van der Waals surface area contributed by atoms with Crippen molar-refractivity contribution in [3.8, 4) is 0 Å². The van der Waals surface area contributed by atoms with Crippen molar-refractivity contribution in [3.05, 3.63) is 22.0 Å². The molecule has 2 aromatic heterocycles. The molecule has 0 aliphatic rings. The summed E-state index contributed by atoms with van der Waals surface area (Å²) in [5.41, 5.74) is 1.92. The van der Waals surface area contributed by atoms with Crippen LogP contribution in [-0.2, 0) is 11.2 Å². The lowest BCUT2D eigenvalue weighted by molar-refractivity contribution is 0.0948.